The molecule has 6 heteroatoms. The maximum Gasteiger partial charge on any atom is 1.00 e. The van der Waals surface area contributed by atoms with Crippen LogP contribution in [0.2, 0.25) is 0 Å². The Morgan fingerprint density at radius 1 is 1.07 bits per heavy atom. The van der Waals surface area contributed by atoms with E-state index in [0.717, 1.165) is 5.39 Å². The second-order valence-corrected chi connectivity index (χ2v) is 4.12. The van der Waals surface area contributed by atoms with Gasteiger partial charge >= 0.3 is 29.6 Å². The summed E-state index contributed by atoms with van der Waals surface area (Å²) in [5.41, 5.74) is 0.504. The summed E-state index contributed by atoms with van der Waals surface area (Å²) in [5, 5.41) is 0.371. The Morgan fingerprint density at radius 2 is 1.73 bits per heavy atom. The van der Waals surface area contributed by atoms with Gasteiger partial charge in [0.2, 0.25) is 0 Å². The van der Waals surface area contributed by atoms with Gasteiger partial charge < -0.3 is 4.55 Å². The zero-order valence-electron chi connectivity index (χ0n) is 8.04. The maximum atomic E-state index is 10.7. The second-order valence-electron chi connectivity index (χ2n) is 2.80. The van der Waals surface area contributed by atoms with Crippen molar-refractivity contribution >= 4 is 21.0 Å². The largest absolute Gasteiger partial charge is 1.00 e. The van der Waals surface area contributed by atoms with Crippen LogP contribution in [-0.4, -0.2) is 18.0 Å². The number of aromatic nitrogens is 1. The third kappa shape index (κ3) is 2.76. The van der Waals surface area contributed by atoms with Crippen LogP contribution in [0.5, 0.6) is 0 Å². The number of rotatable bonds is 1. The van der Waals surface area contributed by atoms with E-state index in [-0.39, 0.29) is 29.6 Å². The van der Waals surface area contributed by atoms with E-state index in [9.17, 15) is 13.0 Å². The summed E-state index contributed by atoms with van der Waals surface area (Å²) < 4.78 is 32.0. The summed E-state index contributed by atoms with van der Waals surface area (Å²) in [6.07, 6.45) is 0. The van der Waals surface area contributed by atoms with E-state index in [1.165, 1.54) is 6.07 Å². The van der Waals surface area contributed by atoms with Gasteiger partial charge in [-0.15, -0.1) is 0 Å². The summed E-state index contributed by atoms with van der Waals surface area (Å²) in [5.74, 6) is 0. The van der Waals surface area contributed by atoms with Crippen LogP contribution in [0, 0.1) is 0 Å². The average Bonchev–Trinajstić information content (AvgIpc) is 2.16. The van der Waals surface area contributed by atoms with Crippen LogP contribution in [0.1, 0.15) is 0 Å². The summed E-state index contributed by atoms with van der Waals surface area (Å²) >= 11 is 0. The number of hydrogen-bond acceptors (Lipinski definition) is 4. The Hall–Kier alpha value is -0.460. The quantitative estimate of drug-likeness (QED) is 0.426. The fraction of sp³-hybridized carbons (Fsp3) is 0. The van der Waals surface area contributed by atoms with Crippen LogP contribution in [0.15, 0.2) is 41.4 Å². The first kappa shape index (κ1) is 12.6. The van der Waals surface area contributed by atoms with Crippen molar-refractivity contribution in [1.29, 1.82) is 0 Å². The Balaban J connectivity index is 0.00000112. The number of nitrogens with zero attached hydrogens (tertiary/aromatic N) is 1. The number of hydrogen-bond donors (Lipinski definition) is 0. The molecular formula is C9H6NNaO3S. The molecule has 2 aromatic rings. The van der Waals surface area contributed by atoms with Gasteiger partial charge in [-0.25, -0.2) is 13.4 Å². The van der Waals surface area contributed by atoms with Gasteiger partial charge in [0.15, 0.2) is 0 Å². The molecular weight excluding hydrogens is 225 g/mol. The average molecular weight is 231 g/mol. The van der Waals surface area contributed by atoms with Crippen LogP contribution in [0.4, 0.5) is 0 Å². The summed E-state index contributed by atoms with van der Waals surface area (Å²) in [6.45, 7) is 0. The number of benzene rings is 1. The van der Waals surface area contributed by atoms with E-state index in [2.05, 4.69) is 4.98 Å². The van der Waals surface area contributed by atoms with Crippen molar-refractivity contribution in [3.05, 3.63) is 36.4 Å². The Morgan fingerprint density at radius 3 is 2.40 bits per heavy atom. The normalized spacial score (nSPS) is 11.0. The molecule has 0 fully saturated rings. The molecule has 0 N–H and O–H groups in total. The molecule has 2 rings (SSSR count). The first-order valence-electron chi connectivity index (χ1n) is 3.89. The van der Waals surface area contributed by atoms with Crippen LogP contribution in [0.3, 0.4) is 0 Å². The van der Waals surface area contributed by atoms with E-state index < -0.39 is 15.1 Å². The van der Waals surface area contributed by atoms with Gasteiger partial charge in [-0.3, -0.25) is 0 Å². The van der Waals surface area contributed by atoms with Crippen molar-refractivity contribution in [2.45, 2.75) is 5.03 Å². The Labute approximate surface area is 109 Å². The van der Waals surface area contributed by atoms with Crippen molar-refractivity contribution in [2.75, 3.05) is 0 Å². The fourth-order valence-electron chi connectivity index (χ4n) is 1.19. The minimum Gasteiger partial charge on any atom is -0.743 e. The standard InChI is InChI=1S/C9H7NO3S.Na/c11-14(12,13)9-6-5-7-3-1-2-4-8(7)10-9;/h1-6H,(H,11,12,13);/q;+1/p-1. The molecule has 0 saturated heterocycles. The molecule has 0 radical (unpaired) electrons. The minimum atomic E-state index is -4.46. The molecule has 0 unspecified atom stereocenters. The molecule has 1 aromatic carbocycles. The summed E-state index contributed by atoms with van der Waals surface area (Å²) in [7, 11) is -4.46. The van der Waals surface area contributed by atoms with Crippen molar-refractivity contribution in [3.8, 4) is 0 Å². The molecule has 0 atom stereocenters. The van der Waals surface area contributed by atoms with Crippen molar-refractivity contribution in [1.82, 2.24) is 4.98 Å². The van der Waals surface area contributed by atoms with Crippen LogP contribution in [0.25, 0.3) is 10.9 Å². The summed E-state index contributed by atoms with van der Waals surface area (Å²) in [6, 6.07) is 9.78. The summed E-state index contributed by atoms with van der Waals surface area (Å²) in [4.78, 5) is 3.75. The predicted molar refractivity (Wildman–Crippen MR) is 49.7 cm³/mol. The van der Waals surface area contributed by atoms with Crippen molar-refractivity contribution < 1.29 is 42.5 Å². The fourth-order valence-corrected chi connectivity index (χ4v) is 1.63. The van der Waals surface area contributed by atoms with Crippen molar-refractivity contribution in [3.63, 3.8) is 0 Å². The van der Waals surface area contributed by atoms with Crippen LogP contribution in [-0.2, 0) is 10.1 Å². The molecule has 0 spiro atoms. The van der Waals surface area contributed by atoms with Gasteiger partial charge in [0.05, 0.1) is 5.52 Å². The third-order valence-electron chi connectivity index (χ3n) is 1.83. The maximum absolute atomic E-state index is 10.7. The number of pyridine rings is 1. The molecule has 1 aromatic heterocycles. The SMILES string of the molecule is O=S(=O)([O-])c1ccc2ccccc2n1.[Na+]. The minimum absolute atomic E-state index is 0. The first-order chi connectivity index (χ1) is 6.57. The molecule has 4 nitrogen and oxygen atoms in total. The number of para-hydroxylation sites is 1. The van der Waals surface area contributed by atoms with Crippen molar-refractivity contribution in [2.24, 2.45) is 0 Å². The van der Waals surface area contributed by atoms with Gasteiger partial charge in [-0.2, -0.15) is 0 Å². The molecule has 1 heterocycles. The van der Waals surface area contributed by atoms with Gasteiger partial charge in [0.1, 0.15) is 15.1 Å². The van der Waals surface area contributed by atoms with Gasteiger partial charge in [0.25, 0.3) is 0 Å². The molecule has 0 saturated carbocycles. The molecule has 0 amide bonds. The topological polar surface area (TPSA) is 70.1 Å². The molecule has 15 heavy (non-hydrogen) atoms. The van der Waals surface area contributed by atoms with Crippen LogP contribution >= 0.6 is 0 Å². The molecule has 0 aliphatic rings. The Kier molecular flexibility index (Phi) is 3.86. The van der Waals surface area contributed by atoms with Gasteiger partial charge in [0, 0.05) is 5.39 Å². The smallest absolute Gasteiger partial charge is 0.743 e. The molecule has 0 aliphatic carbocycles. The Bertz CT molecular complexity index is 583. The number of fused-ring (bicyclic) bond motifs is 1. The monoisotopic (exact) mass is 231 g/mol. The van der Waals surface area contributed by atoms with E-state index in [0.29, 0.717) is 5.52 Å². The zero-order chi connectivity index (χ0) is 10.2. The zero-order valence-corrected chi connectivity index (χ0v) is 10.9. The molecule has 0 aliphatic heterocycles. The van der Waals surface area contributed by atoms with Gasteiger partial charge in [-0.1, -0.05) is 18.2 Å². The third-order valence-corrected chi connectivity index (χ3v) is 2.57. The predicted octanol–water partition coefficient (Wildman–Crippen LogP) is -1.86. The second kappa shape index (κ2) is 4.59. The van der Waals surface area contributed by atoms with E-state index in [1.54, 1.807) is 24.3 Å². The van der Waals surface area contributed by atoms with Gasteiger partial charge in [-0.05, 0) is 18.2 Å². The van der Waals surface area contributed by atoms with E-state index >= 15 is 0 Å². The molecule has 72 valence electrons. The van der Waals surface area contributed by atoms with Crippen LogP contribution < -0.4 is 29.6 Å². The van der Waals surface area contributed by atoms with E-state index in [4.69, 9.17) is 0 Å². The first-order valence-corrected chi connectivity index (χ1v) is 5.30. The van der Waals surface area contributed by atoms with E-state index in [1.807, 2.05) is 6.07 Å². The molecule has 0 bridgehead atoms.